The first-order valence-corrected chi connectivity index (χ1v) is 12.6. The molecule has 2 amide bonds. The third-order valence-electron chi connectivity index (χ3n) is 6.01. The third-order valence-corrected chi connectivity index (χ3v) is 8.07. The minimum atomic E-state index is -3.59. The van der Waals surface area contributed by atoms with Gasteiger partial charge in [-0.3, -0.25) is 9.59 Å². The van der Waals surface area contributed by atoms with Crippen molar-refractivity contribution in [3.8, 4) is 0 Å². The lowest BCUT2D eigenvalue weighted by Crippen LogP contribution is -2.50. The Morgan fingerprint density at radius 1 is 1.00 bits per heavy atom. The molecule has 178 valence electrons. The number of hydrogen-bond acceptors (Lipinski definition) is 5. The molecule has 8 nitrogen and oxygen atoms in total. The van der Waals surface area contributed by atoms with E-state index in [-0.39, 0.29) is 29.0 Å². The number of anilines is 1. The zero-order chi connectivity index (χ0) is 24.3. The lowest BCUT2D eigenvalue weighted by Gasteiger charge is -2.35. The molecule has 0 aliphatic carbocycles. The van der Waals surface area contributed by atoms with E-state index < -0.39 is 16.1 Å². The van der Waals surface area contributed by atoms with Crippen molar-refractivity contribution in [3.05, 3.63) is 83.8 Å². The van der Waals surface area contributed by atoms with E-state index in [1.165, 1.54) is 27.6 Å². The summed E-state index contributed by atoms with van der Waals surface area (Å²) in [5.74, 6) is -0.544. The Kier molecular flexibility index (Phi) is 6.85. The maximum absolute atomic E-state index is 13.3. The number of benzene rings is 2. The molecule has 9 heteroatoms. The van der Waals surface area contributed by atoms with Gasteiger partial charge in [-0.2, -0.15) is 4.31 Å². The molecule has 1 atom stereocenters. The first-order chi connectivity index (χ1) is 16.3. The van der Waals surface area contributed by atoms with Gasteiger partial charge in [0.2, 0.25) is 15.9 Å². The lowest BCUT2D eigenvalue weighted by atomic mass is 9.93. The molecule has 3 aromatic rings. The van der Waals surface area contributed by atoms with Crippen molar-refractivity contribution < 1.29 is 22.4 Å². The molecule has 4 rings (SSSR count). The van der Waals surface area contributed by atoms with E-state index in [0.29, 0.717) is 25.2 Å². The van der Waals surface area contributed by atoms with Crippen molar-refractivity contribution >= 4 is 27.5 Å². The summed E-state index contributed by atoms with van der Waals surface area (Å²) >= 11 is 0. The van der Waals surface area contributed by atoms with E-state index in [4.69, 9.17) is 4.42 Å². The van der Waals surface area contributed by atoms with Crippen LogP contribution in [-0.2, 0) is 27.8 Å². The topological polar surface area (TPSA) is 99.9 Å². The number of nitrogens with zero attached hydrogens (tertiary/aromatic N) is 2. The summed E-state index contributed by atoms with van der Waals surface area (Å²) in [5.41, 5.74) is 2.44. The highest BCUT2D eigenvalue weighted by molar-refractivity contribution is 7.89. The smallest absolute Gasteiger partial charge is 0.290 e. The van der Waals surface area contributed by atoms with Crippen LogP contribution in [0.15, 0.2) is 76.2 Å². The maximum Gasteiger partial charge on any atom is 0.290 e. The largest absolute Gasteiger partial charge is 0.459 e. The first-order valence-electron chi connectivity index (χ1n) is 11.2. The molecular weight excluding hydrogens is 454 g/mol. The Morgan fingerprint density at radius 2 is 1.68 bits per heavy atom. The number of nitrogens with one attached hydrogen (secondary N) is 1. The third kappa shape index (κ3) is 4.62. The van der Waals surface area contributed by atoms with Gasteiger partial charge in [0.05, 0.1) is 11.2 Å². The molecule has 0 spiro atoms. The highest BCUT2D eigenvalue weighted by Gasteiger charge is 2.36. The number of carbonyl (C=O) groups is 2. The minimum absolute atomic E-state index is 0.162. The summed E-state index contributed by atoms with van der Waals surface area (Å²) in [7, 11) is -3.59. The normalized spacial score (nSPS) is 15.7. The molecule has 2 aromatic carbocycles. The van der Waals surface area contributed by atoms with Gasteiger partial charge in [0.15, 0.2) is 5.76 Å². The van der Waals surface area contributed by atoms with E-state index in [2.05, 4.69) is 5.32 Å². The zero-order valence-electron chi connectivity index (χ0n) is 19.1. The summed E-state index contributed by atoms with van der Waals surface area (Å²) in [6.07, 6.45) is 1.79. The van der Waals surface area contributed by atoms with Crippen molar-refractivity contribution in [1.29, 1.82) is 0 Å². The number of fused-ring (bicyclic) bond motifs is 1. The number of hydrogen-bond donors (Lipinski definition) is 1. The zero-order valence-corrected chi connectivity index (χ0v) is 19.9. The van der Waals surface area contributed by atoms with Crippen LogP contribution in [0.25, 0.3) is 0 Å². The van der Waals surface area contributed by atoms with Crippen molar-refractivity contribution in [2.24, 2.45) is 0 Å². The van der Waals surface area contributed by atoms with Crippen LogP contribution in [0.3, 0.4) is 0 Å². The van der Waals surface area contributed by atoms with E-state index >= 15 is 0 Å². The quantitative estimate of drug-likeness (QED) is 0.557. The van der Waals surface area contributed by atoms with Crippen molar-refractivity contribution in [2.45, 2.75) is 37.8 Å². The highest BCUT2D eigenvalue weighted by Crippen LogP contribution is 2.26. The van der Waals surface area contributed by atoms with Crippen LogP contribution in [0.5, 0.6) is 0 Å². The second-order valence-electron chi connectivity index (χ2n) is 8.00. The number of carbonyl (C=O) groups excluding carboxylic acids is 2. The Labute approximate surface area is 199 Å². The molecule has 0 saturated heterocycles. The molecule has 0 unspecified atom stereocenters. The molecular formula is C25H27N3O5S. The lowest BCUT2D eigenvalue weighted by molar-refractivity contribution is -0.121. The standard InChI is InChI=1S/C25H27N3O5S/c1-3-27(4-2)34(31,32)21-13-11-20(12-14-21)26-24(29)22-16-18-8-5-6-9-19(18)17-28(22)25(30)23-10-7-15-33-23/h5-15,22H,3-4,16-17H2,1-2H3,(H,26,29)/t22-/m1/s1. The molecule has 1 N–H and O–H groups in total. The fourth-order valence-corrected chi connectivity index (χ4v) is 5.62. The van der Waals surface area contributed by atoms with Crippen LogP contribution in [-0.4, -0.2) is 48.6 Å². The predicted octanol–water partition coefficient (Wildman–Crippen LogP) is 3.52. The molecule has 0 bridgehead atoms. The molecule has 2 heterocycles. The molecule has 0 fully saturated rings. The van der Waals surface area contributed by atoms with Crippen molar-refractivity contribution in [1.82, 2.24) is 9.21 Å². The van der Waals surface area contributed by atoms with Crippen LogP contribution in [0.2, 0.25) is 0 Å². The van der Waals surface area contributed by atoms with E-state index in [1.54, 1.807) is 38.1 Å². The molecule has 1 aliphatic heterocycles. The second kappa shape index (κ2) is 9.82. The van der Waals surface area contributed by atoms with Crippen LogP contribution in [0.4, 0.5) is 5.69 Å². The Hall–Kier alpha value is -3.43. The average molecular weight is 482 g/mol. The summed E-state index contributed by atoms with van der Waals surface area (Å²) in [4.78, 5) is 28.0. The monoisotopic (exact) mass is 481 g/mol. The Balaban J connectivity index is 1.56. The van der Waals surface area contributed by atoms with Gasteiger partial charge in [-0.1, -0.05) is 38.1 Å². The van der Waals surface area contributed by atoms with Crippen LogP contribution < -0.4 is 5.32 Å². The molecule has 0 radical (unpaired) electrons. The summed E-state index contributed by atoms with van der Waals surface area (Å²) in [6.45, 7) is 4.61. The van der Waals surface area contributed by atoms with E-state index in [0.717, 1.165) is 11.1 Å². The van der Waals surface area contributed by atoms with Crippen LogP contribution in [0.1, 0.15) is 35.5 Å². The summed E-state index contributed by atoms with van der Waals surface area (Å²) in [6, 6.07) is 16.3. The maximum atomic E-state index is 13.3. The Bertz CT molecular complexity index is 1270. The van der Waals surface area contributed by atoms with E-state index in [9.17, 15) is 18.0 Å². The molecule has 0 saturated carbocycles. The van der Waals surface area contributed by atoms with Gasteiger partial charge in [0, 0.05) is 31.7 Å². The molecule has 1 aromatic heterocycles. The van der Waals surface area contributed by atoms with Crippen molar-refractivity contribution in [2.75, 3.05) is 18.4 Å². The fraction of sp³-hybridized carbons (Fsp3) is 0.280. The van der Waals surface area contributed by atoms with Crippen LogP contribution >= 0.6 is 0 Å². The van der Waals surface area contributed by atoms with Gasteiger partial charge in [-0.15, -0.1) is 0 Å². The van der Waals surface area contributed by atoms with Gasteiger partial charge in [-0.25, -0.2) is 8.42 Å². The van der Waals surface area contributed by atoms with Gasteiger partial charge >= 0.3 is 0 Å². The van der Waals surface area contributed by atoms with Gasteiger partial charge in [0.25, 0.3) is 5.91 Å². The average Bonchev–Trinajstić information content (AvgIpc) is 3.39. The Morgan fingerprint density at radius 3 is 2.29 bits per heavy atom. The van der Waals surface area contributed by atoms with Gasteiger partial charge < -0.3 is 14.6 Å². The van der Waals surface area contributed by atoms with Crippen LogP contribution in [0, 0.1) is 0 Å². The second-order valence-corrected chi connectivity index (χ2v) is 9.94. The fourth-order valence-electron chi connectivity index (χ4n) is 4.16. The van der Waals surface area contributed by atoms with E-state index in [1.807, 2.05) is 24.3 Å². The molecule has 1 aliphatic rings. The number of amides is 2. The minimum Gasteiger partial charge on any atom is -0.459 e. The van der Waals surface area contributed by atoms with Crippen molar-refractivity contribution in [3.63, 3.8) is 0 Å². The first kappa shape index (κ1) is 23.7. The highest BCUT2D eigenvalue weighted by atomic mass is 32.2. The number of furan rings is 1. The number of sulfonamides is 1. The molecule has 34 heavy (non-hydrogen) atoms. The summed E-state index contributed by atoms with van der Waals surface area (Å²) < 4.78 is 32.1. The number of rotatable bonds is 7. The SMILES string of the molecule is CCN(CC)S(=O)(=O)c1ccc(NC(=O)[C@H]2Cc3ccccc3CN2C(=O)c2ccco2)cc1. The van der Waals surface area contributed by atoms with Gasteiger partial charge in [-0.05, 0) is 47.5 Å². The van der Waals surface area contributed by atoms with Gasteiger partial charge in [0.1, 0.15) is 6.04 Å². The summed E-state index contributed by atoms with van der Waals surface area (Å²) in [5, 5.41) is 2.84. The predicted molar refractivity (Wildman–Crippen MR) is 128 cm³/mol.